The first-order valence-corrected chi connectivity index (χ1v) is 5.15. The van der Waals surface area contributed by atoms with Crippen molar-refractivity contribution in [1.82, 2.24) is 35.8 Å². The summed E-state index contributed by atoms with van der Waals surface area (Å²) in [5, 5.41) is 22.0. The smallest absolute Gasteiger partial charge is 0.216 e. The number of aromatic amines is 1. The quantitative estimate of drug-likeness (QED) is 0.692. The molecule has 0 aliphatic rings. The van der Waals surface area contributed by atoms with Crippen LogP contribution in [0.2, 0.25) is 0 Å². The predicted molar refractivity (Wildman–Crippen MR) is 55.1 cm³/mol. The van der Waals surface area contributed by atoms with Gasteiger partial charge < -0.3 is 0 Å². The zero-order valence-corrected chi connectivity index (χ0v) is 8.64. The van der Waals surface area contributed by atoms with Crippen molar-refractivity contribution in [3.63, 3.8) is 0 Å². The maximum atomic E-state index is 4.22. The van der Waals surface area contributed by atoms with Gasteiger partial charge in [0.05, 0.1) is 4.88 Å². The van der Waals surface area contributed by atoms with Crippen LogP contribution in [0.15, 0.2) is 18.3 Å². The molecule has 0 unspecified atom stereocenters. The van der Waals surface area contributed by atoms with Crippen LogP contribution in [0, 0.1) is 6.20 Å². The van der Waals surface area contributed by atoms with E-state index < -0.39 is 0 Å². The molecular formula is C8H4N7S. The Morgan fingerprint density at radius 3 is 3.06 bits per heavy atom. The van der Waals surface area contributed by atoms with Gasteiger partial charge in [-0.15, -0.1) is 31.7 Å². The number of tetrazole rings is 1. The maximum Gasteiger partial charge on any atom is 0.216 e. The van der Waals surface area contributed by atoms with Gasteiger partial charge in [-0.1, -0.05) is 0 Å². The fraction of sp³-hybridized carbons (Fsp3) is 0. The molecule has 3 aromatic rings. The highest BCUT2D eigenvalue weighted by Gasteiger charge is 2.10. The van der Waals surface area contributed by atoms with Gasteiger partial charge in [0, 0.05) is 6.20 Å². The summed E-state index contributed by atoms with van der Waals surface area (Å²) in [5.74, 6) is 0.527. The first-order chi connectivity index (χ1) is 7.93. The molecule has 0 fully saturated rings. The Labute approximate surface area is 93.6 Å². The molecule has 7 nitrogen and oxygen atoms in total. The third kappa shape index (κ3) is 1.54. The van der Waals surface area contributed by atoms with E-state index in [2.05, 4.69) is 42.0 Å². The lowest BCUT2D eigenvalue weighted by molar-refractivity contribution is 0.881. The zero-order valence-electron chi connectivity index (χ0n) is 7.82. The lowest BCUT2D eigenvalue weighted by Crippen LogP contribution is -1.83. The van der Waals surface area contributed by atoms with Crippen molar-refractivity contribution in [3.8, 4) is 21.4 Å². The maximum absolute atomic E-state index is 4.22. The van der Waals surface area contributed by atoms with Crippen molar-refractivity contribution in [2.45, 2.75) is 0 Å². The Kier molecular flexibility index (Phi) is 2.11. The minimum Gasteiger partial charge on any atom is -0.242 e. The zero-order chi connectivity index (χ0) is 10.8. The first kappa shape index (κ1) is 9.04. The van der Waals surface area contributed by atoms with Gasteiger partial charge in [-0.05, 0) is 17.3 Å². The molecule has 0 saturated carbocycles. The van der Waals surface area contributed by atoms with E-state index in [0.29, 0.717) is 11.5 Å². The highest BCUT2D eigenvalue weighted by atomic mass is 32.1. The SMILES string of the molecule is [c]1ccc(-c2ncc(-c3nn[nH]n3)s2)nn1. The molecule has 1 N–H and O–H groups in total. The van der Waals surface area contributed by atoms with Gasteiger partial charge in [0.1, 0.15) is 16.9 Å². The molecule has 16 heavy (non-hydrogen) atoms. The summed E-state index contributed by atoms with van der Waals surface area (Å²) in [6.07, 6.45) is 4.30. The third-order valence-corrected chi connectivity index (χ3v) is 2.84. The Balaban J connectivity index is 2.00. The van der Waals surface area contributed by atoms with Gasteiger partial charge in [0.2, 0.25) is 5.82 Å². The molecule has 0 saturated heterocycles. The van der Waals surface area contributed by atoms with Crippen molar-refractivity contribution in [2.75, 3.05) is 0 Å². The number of nitrogens with one attached hydrogen (secondary N) is 1. The summed E-state index contributed by atoms with van der Waals surface area (Å²) < 4.78 is 0. The second-order valence-electron chi connectivity index (χ2n) is 2.81. The van der Waals surface area contributed by atoms with Crippen LogP contribution in [0.1, 0.15) is 0 Å². The van der Waals surface area contributed by atoms with E-state index in [1.54, 1.807) is 18.3 Å². The van der Waals surface area contributed by atoms with E-state index in [-0.39, 0.29) is 0 Å². The summed E-state index contributed by atoms with van der Waals surface area (Å²) in [7, 11) is 0. The number of nitrogens with zero attached hydrogens (tertiary/aromatic N) is 6. The lowest BCUT2D eigenvalue weighted by atomic mass is 10.4. The second kappa shape index (κ2) is 3.74. The molecule has 0 atom stereocenters. The monoisotopic (exact) mass is 230 g/mol. The van der Waals surface area contributed by atoms with E-state index in [1.165, 1.54) is 11.3 Å². The Morgan fingerprint density at radius 1 is 1.31 bits per heavy atom. The molecule has 3 aromatic heterocycles. The molecule has 0 aliphatic heterocycles. The normalized spacial score (nSPS) is 10.5. The van der Waals surface area contributed by atoms with Gasteiger partial charge in [-0.2, -0.15) is 5.21 Å². The first-order valence-electron chi connectivity index (χ1n) is 4.33. The molecule has 0 aromatic carbocycles. The molecule has 0 bridgehead atoms. The van der Waals surface area contributed by atoms with Crippen molar-refractivity contribution in [2.24, 2.45) is 0 Å². The van der Waals surface area contributed by atoms with Gasteiger partial charge in [0.25, 0.3) is 0 Å². The van der Waals surface area contributed by atoms with E-state index in [9.17, 15) is 0 Å². The van der Waals surface area contributed by atoms with Crippen LogP contribution < -0.4 is 0 Å². The fourth-order valence-corrected chi connectivity index (χ4v) is 1.95. The van der Waals surface area contributed by atoms with Gasteiger partial charge in [-0.3, -0.25) is 0 Å². The Morgan fingerprint density at radius 2 is 2.31 bits per heavy atom. The molecule has 3 heterocycles. The molecule has 8 heteroatoms. The minimum absolute atomic E-state index is 0.527. The number of hydrogen-bond donors (Lipinski definition) is 1. The lowest BCUT2D eigenvalue weighted by Gasteiger charge is -1.89. The summed E-state index contributed by atoms with van der Waals surface area (Å²) in [6, 6.07) is 3.49. The topological polar surface area (TPSA) is 93.1 Å². The molecule has 3 rings (SSSR count). The molecule has 1 radical (unpaired) electrons. The minimum atomic E-state index is 0.527. The average molecular weight is 230 g/mol. The third-order valence-electron chi connectivity index (χ3n) is 1.82. The van der Waals surface area contributed by atoms with E-state index >= 15 is 0 Å². The number of H-pyrrole nitrogens is 1. The fourth-order valence-electron chi connectivity index (χ4n) is 1.14. The summed E-state index contributed by atoms with van der Waals surface area (Å²) >= 11 is 1.43. The summed E-state index contributed by atoms with van der Waals surface area (Å²) in [4.78, 5) is 5.05. The van der Waals surface area contributed by atoms with E-state index in [4.69, 9.17) is 0 Å². The van der Waals surface area contributed by atoms with Gasteiger partial charge >= 0.3 is 0 Å². The van der Waals surface area contributed by atoms with E-state index in [1.807, 2.05) is 0 Å². The second-order valence-corrected chi connectivity index (χ2v) is 3.84. The standard InChI is InChI=1S/C8H4N7S/c1-2-5(11-10-3-1)8-9-4-6(16-8)7-12-14-15-13-7/h1-2,4H,(H,12,13,14,15). The number of rotatable bonds is 2. The molecule has 0 aliphatic carbocycles. The van der Waals surface area contributed by atoms with Gasteiger partial charge in [0.15, 0.2) is 0 Å². The van der Waals surface area contributed by atoms with E-state index in [0.717, 1.165) is 9.88 Å². The van der Waals surface area contributed by atoms with Crippen molar-refractivity contribution in [1.29, 1.82) is 0 Å². The Hall–Kier alpha value is -2.22. The highest BCUT2D eigenvalue weighted by Crippen LogP contribution is 2.27. The molecule has 77 valence electrons. The highest BCUT2D eigenvalue weighted by molar-refractivity contribution is 7.18. The molecule has 0 amide bonds. The van der Waals surface area contributed by atoms with Crippen LogP contribution in [-0.4, -0.2) is 35.8 Å². The van der Waals surface area contributed by atoms with Crippen LogP contribution in [0.4, 0.5) is 0 Å². The van der Waals surface area contributed by atoms with Crippen molar-refractivity contribution < 1.29 is 0 Å². The average Bonchev–Trinajstić information content (AvgIpc) is 3.01. The van der Waals surface area contributed by atoms with Crippen molar-refractivity contribution >= 4 is 11.3 Å². The van der Waals surface area contributed by atoms with Crippen molar-refractivity contribution in [3.05, 3.63) is 24.5 Å². The molecular weight excluding hydrogens is 226 g/mol. The van der Waals surface area contributed by atoms with Crippen LogP contribution in [0.5, 0.6) is 0 Å². The summed E-state index contributed by atoms with van der Waals surface area (Å²) in [5.41, 5.74) is 0.707. The van der Waals surface area contributed by atoms with Gasteiger partial charge in [-0.25, -0.2) is 4.98 Å². The van der Waals surface area contributed by atoms with Crippen LogP contribution in [0.25, 0.3) is 21.4 Å². The Bertz CT molecular complexity index is 573. The van der Waals surface area contributed by atoms with Crippen LogP contribution in [0.3, 0.4) is 0 Å². The van der Waals surface area contributed by atoms with Crippen LogP contribution >= 0.6 is 11.3 Å². The number of thiazole rings is 1. The number of hydrogen-bond acceptors (Lipinski definition) is 7. The van der Waals surface area contributed by atoms with Crippen LogP contribution in [-0.2, 0) is 0 Å². The number of aromatic nitrogens is 7. The summed E-state index contributed by atoms with van der Waals surface area (Å²) in [6.45, 7) is 0. The largest absolute Gasteiger partial charge is 0.242 e. The molecule has 0 spiro atoms. The predicted octanol–water partition coefficient (Wildman–Crippen LogP) is 0.580.